The molecule has 1 fully saturated rings. The largest absolute Gasteiger partial charge is 0.466 e. The number of ether oxygens (including phenoxy) is 1. The average Bonchev–Trinajstić information content (AvgIpc) is 2.51. The van der Waals surface area contributed by atoms with Crippen LogP contribution in [0.1, 0.15) is 61.3 Å². The molecule has 1 saturated carbocycles. The zero-order valence-electron chi connectivity index (χ0n) is 12.8. The maximum atomic E-state index is 11.8. The van der Waals surface area contributed by atoms with E-state index in [0.29, 0.717) is 12.5 Å². The fourth-order valence-corrected chi connectivity index (χ4v) is 4.22. The molecule has 2 aliphatic carbocycles. The van der Waals surface area contributed by atoms with E-state index in [2.05, 4.69) is 22.3 Å². The molecule has 0 amide bonds. The molecule has 0 aliphatic heterocycles. The van der Waals surface area contributed by atoms with Gasteiger partial charge >= 0.3 is 5.97 Å². The monoisotopic (exact) mass is 296 g/mol. The number of hydrogen-bond acceptors (Lipinski definition) is 4. The van der Waals surface area contributed by atoms with E-state index >= 15 is 0 Å². The molecular formula is C18H20N2O2. The van der Waals surface area contributed by atoms with Gasteiger partial charge in [0.05, 0.1) is 24.9 Å². The number of carbonyl (C=O) groups excluding carboxylic acids is 1. The minimum absolute atomic E-state index is 0.199. The lowest BCUT2D eigenvalue weighted by Crippen LogP contribution is -2.27. The lowest BCUT2D eigenvalue weighted by atomic mass is 9.60. The van der Waals surface area contributed by atoms with Gasteiger partial charge in [0.1, 0.15) is 0 Å². The third kappa shape index (κ3) is 2.01. The van der Waals surface area contributed by atoms with Gasteiger partial charge in [0.25, 0.3) is 0 Å². The van der Waals surface area contributed by atoms with Crippen LogP contribution in [-0.2, 0) is 16.0 Å². The van der Waals surface area contributed by atoms with Crippen molar-refractivity contribution in [3.8, 4) is 0 Å². The highest BCUT2D eigenvalue weighted by molar-refractivity contribution is 5.92. The number of fused-ring (bicyclic) bond motifs is 6. The molecular weight excluding hydrogens is 276 g/mol. The van der Waals surface area contributed by atoms with Crippen molar-refractivity contribution in [3.63, 3.8) is 0 Å². The van der Waals surface area contributed by atoms with Gasteiger partial charge in [-0.2, -0.15) is 10.2 Å². The van der Waals surface area contributed by atoms with Crippen molar-refractivity contribution in [2.45, 2.75) is 50.9 Å². The molecule has 1 aromatic heterocycles. The van der Waals surface area contributed by atoms with E-state index < -0.39 is 0 Å². The average molecular weight is 296 g/mol. The second-order valence-corrected chi connectivity index (χ2v) is 6.30. The lowest BCUT2D eigenvalue weighted by molar-refractivity contribution is -0.142. The van der Waals surface area contributed by atoms with Crippen molar-refractivity contribution in [1.29, 1.82) is 0 Å². The molecule has 0 radical (unpaired) electrons. The second-order valence-electron chi connectivity index (χ2n) is 6.30. The van der Waals surface area contributed by atoms with Gasteiger partial charge in [-0.1, -0.05) is 25.0 Å². The highest BCUT2D eigenvalue weighted by atomic mass is 16.5. The van der Waals surface area contributed by atoms with Crippen molar-refractivity contribution in [3.05, 3.63) is 35.2 Å². The summed E-state index contributed by atoms with van der Waals surface area (Å²) in [5.74, 6) is 1.20. The van der Waals surface area contributed by atoms with Crippen LogP contribution in [0, 0.1) is 0 Å². The molecule has 2 unspecified atom stereocenters. The van der Waals surface area contributed by atoms with Crippen LogP contribution < -0.4 is 0 Å². The summed E-state index contributed by atoms with van der Waals surface area (Å²) in [5.41, 5.74) is 3.69. The molecule has 1 aromatic carbocycles. The number of esters is 1. The first-order chi connectivity index (χ1) is 10.8. The number of aromatic nitrogens is 2. The molecule has 4 heteroatoms. The van der Waals surface area contributed by atoms with E-state index in [4.69, 9.17) is 4.74 Å². The molecule has 0 bridgehead atoms. The van der Waals surface area contributed by atoms with Gasteiger partial charge in [0.2, 0.25) is 0 Å². The standard InChI is InChI=1S/C18H20N2O2/c1-2-22-17(21)9-16-12-7-8-14-11-5-3-4-6-13(11)18(14)15(12)10-19-20-16/h7-8,10-11,13H,2-6,9H2,1H3. The second kappa shape index (κ2) is 5.34. The lowest BCUT2D eigenvalue weighted by Gasteiger charge is -2.44. The fourth-order valence-electron chi connectivity index (χ4n) is 4.22. The summed E-state index contributed by atoms with van der Waals surface area (Å²) in [7, 11) is 0. The minimum Gasteiger partial charge on any atom is -0.466 e. The van der Waals surface area contributed by atoms with E-state index in [-0.39, 0.29) is 12.4 Å². The van der Waals surface area contributed by atoms with Crippen LogP contribution in [0.3, 0.4) is 0 Å². The molecule has 4 nitrogen and oxygen atoms in total. The molecule has 2 atom stereocenters. The summed E-state index contributed by atoms with van der Waals surface area (Å²) < 4.78 is 5.04. The van der Waals surface area contributed by atoms with Gasteiger partial charge in [-0.25, -0.2) is 0 Å². The normalized spacial score (nSPS) is 22.6. The molecule has 2 aliphatic rings. The van der Waals surface area contributed by atoms with Crippen LogP contribution in [0.5, 0.6) is 0 Å². The summed E-state index contributed by atoms with van der Waals surface area (Å²) in [6, 6.07) is 4.35. The van der Waals surface area contributed by atoms with Crippen LogP contribution in [0.25, 0.3) is 10.8 Å². The van der Waals surface area contributed by atoms with Gasteiger partial charge in [0, 0.05) is 10.8 Å². The highest BCUT2D eigenvalue weighted by Crippen LogP contribution is 2.56. The van der Waals surface area contributed by atoms with E-state index in [1.165, 1.54) is 42.2 Å². The molecule has 0 saturated heterocycles. The van der Waals surface area contributed by atoms with E-state index in [0.717, 1.165) is 17.0 Å². The van der Waals surface area contributed by atoms with Crippen LogP contribution >= 0.6 is 0 Å². The van der Waals surface area contributed by atoms with Crippen LogP contribution in [0.15, 0.2) is 18.3 Å². The maximum Gasteiger partial charge on any atom is 0.311 e. The first-order valence-corrected chi connectivity index (χ1v) is 8.22. The van der Waals surface area contributed by atoms with Crippen molar-refractivity contribution < 1.29 is 9.53 Å². The van der Waals surface area contributed by atoms with Crippen molar-refractivity contribution in [2.24, 2.45) is 0 Å². The molecule has 2 aromatic rings. The Morgan fingerprint density at radius 3 is 2.86 bits per heavy atom. The Morgan fingerprint density at radius 2 is 2.05 bits per heavy atom. The van der Waals surface area contributed by atoms with Gasteiger partial charge in [-0.3, -0.25) is 4.79 Å². The summed E-state index contributed by atoms with van der Waals surface area (Å²) in [6.45, 7) is 2.22. The van der Waals surface area contributed by atoms with E-state index in [1.54, 1.807) is 0 Å². The smallest absolute Gasteiger partial charge is 0.311 e. The first kappa shape index (κ1) is 13.7. The summed E-state index contributed by atoms with van der Waals surface area (Å²) in [4.78, 5) is 11.8. The first-order valence-electron chi connectivity index (χ1n) is 8.22. The van der Waals surface area contributed by atoms with Gasteiger partial charge < -0.3 is 4.74 Å². The Labute approximate surface area is 129 Å². The minimum atomic E-state index is -0.234. The van der Waals surface area contributed by atoms with Gasteiger partial charge in [0.15, 0.2) is 0 Å². The Balaban J connectivity index is 1.76. The number of rotatable bonds is 3. The molecule has 114 valence electrons. The van der Waals surface area contributed by atoms with Crippen LogP contribution in [-0.4, -0.2) is 22.8 Å². The van der Waals surface area contributed by atoms with E-state index in [9.17, 15) is 4.79 Å². The Kier molecular flexibility index (Phi) is 3.32. The topological polar surface area (TPSA) is 52.1 Å². The van der Waals surface area contributed by atoms with Crippen molar-refractivity contribution in [1.82, 2.24) is 10.2 Å². The third-order valence-electron chi connectivity index (χ3n) is 5.15. The predicted octanol–water partition coefficient (Wildman–Crippen LogP) is 3.49. The number of carbonyl (C=O) groups is 1. The van der Waals surface area contributed by atoms with Crippen LogP contribution in [0.2, 0.25) is 0 Å². The highest BCUT2D eigenvalue weighted by Gasteiger charge is 2.40. The third-order valence-corrected chi connectivity index (χ3v) is 5.15. The number of nitrogens with zero attached hydrogens (tertiary/aromatic N) is 2. The quantitative estimate of drug-likeness (QED) is 0.814. The summed E-state index contributed by atoms with van der Waals surface area (Å²) in [6.07, 6.45) is 7.34. The zero-order valence-corrected chi connectivity index (χ0v) is 12.8. The Bertz CT molecular complexity index is 741. The number of hydrogen-bond donors (Lipinski definition) is 0. The van der Waals surface area contributed by atoms with E-state index in [1.807, 2.05) is 13.1 Å². The summed E-state index contributed by atoms with van der Waals surface area (Å²) >= 11 is 0. The zero-order chi connectivity index (χ0) is 15.1. The Hall–Kier alpha value is -1.97. The molecule has 22 heavy (non-hydrogen) atoms. The number of benzene rings is 1. The van der Waals surface area contributed by atoms with Crippen LogP contribution in [0.4, 0.5) is 0 Å². The Morgan fingerprint density at radius 1 is 1.23 bits per heavy atom. The summed E-state index contributed by atoms with van der Waals surface area (Å²) in [5, 5.41) is 10.6. The predicted molar refractivity (Wildman–Crippen MR) is 83.8 cm³/mol. The van der Waals surface area contributed by atoms with Gasteiger partial charge in [-0.15, -0.1) is 0 Å². The molecule has 4 rings (SSSR count). The van der Waals surface area contributed by atoms with Gasteiger partial charge in [-0.05, 0) is 42.7 Å². The fraction of sp³-hybridized carbons (Fsp3) is 0.500. The molecule has 1 heterocycles. The molecule has 0 spiro atoms. The van der Waals surface area contributed by atoms with Crippen molar-refractivity contribution >= 4 is 16.7 Å². The van der Waals surface area contributed by atoms with Crippen molar-refractivity contribution in [2.75, 3.05) is 6.61 Å². The molecule has 0 N–H and O–H groups in total. The SMILES string of the molecule is CCOC(=O)Cc1nncc2c3c(ccc12)C1CCCCC31. The maximum absolute atomic E-state index is 11.8.